The molecule has 2 rings (SSSR count). The van der Waals surface area contributed by atoms with Crippen molar-refractivity contribution in [1.29, 1.82) is 0 Å². The molecule has 5 nitrogen and oxygen atoms in total. The molecule has 2 aromatic heterocycles. The minimum atomic E-state index is 0.199. The van der Waals surface area contributed by atoms with Crippen molar-refractivity contribution in [1.82, 2.24) is 15.1 Å². The maximum atomic E-state index is 5.62. The van der Waals surface area contributed by atoms with Gasteiger partial charge in [-0.2, -0.15) is 4.98 Å². The molecule has 0 radical (unpaired) electrons. The molecule has 20 heavy (non-hydrogen) atoms. The lowest BCUT2D eigenvalue weighted by Gasteiger charge is -2.22. The van der Waals surface area contributed by atoms with E-state index in [2.05, 4.69) is 29.0 Å². The van der Waals surface area contributed by atoms with Crippen LogP contribution in [-0.2, 0) is 6.42 Å². The highest BCUT2D eigenvalue weighted by Gasteiger charge is 2.19. The van der Waals surface area contributed by atoms with Gasteiger partial charge >= 0.3 is 0 Å². The van der Waals surface area contributed by atoms with Crippen LogP contribution in [0.2, 0.25) is 0 Å². The Morgan fingerprint density at radius 3 is 2.70 bits per heavy atom. The SMILES string of the molecule is Cc1cccc(-c2noc(CCC(C)(C)CCN)n2)n1. The van der Waals surface area contributed by atoms with Gasteiger partial charge in [0.1, 0.15) is 5.69 Å². The van der Waals surface area contributed by atoms with E-state index >= 15 is 0 Å². The van der Waals surface area contributed by atoms with Crippen LogP contribution < -0.4 is 5.73 Å². The van der Waals surface area contributed by atoms with Crippen molar-refractivity contribution >= 4 is 0 Å². The highest BCUT2D eigenvalue weighted by Crippen LogP contribution is 2.26. The molecule has 108 valence electrons. The molecule has 0 bridgehead atoms. The normalized spacial score (nSPS) is 11.8. The molecule has 2 heterocycles. The van der Waals surface area contributed by atoms with E-state index in [4.69, 9.17) is 10.3 Å². The molecule has 0 amide bonds. The third-order valence-electron chi connectivity index (χ3n) is 3.42. The fourth-order valence-corrected chi connectivity index (χ4v) is 2.09. The van der Waals surface area contributed by atoms with E-state index in [0.717, 1.165) is 30.7 Å². The topological polar surface area (TPSA) is 77.8 Å². The van der Waals surface area contributed by atoms with Crippen molar-refractivity contribution in [3.8, 4) is 11.5 Å². The van der Waals surface area contributed by atoms with Gasteiger partial charge in [-0.3, -0.25) is 0 Å². The number of hydrogen-bond acceptors (Lipinski definition) is 5. The monoisotopic (exact) mass is 274 g/mol. The van der Waals surface area contributed by atoms with E-state index in [1.807, 2.05) is 25.1 Å². The van der Waals surface area contributed by atoms with E-state index in [-0.39, 0.29) is 5.41 Å². The summed E-state index contributed by atoms with van der Waals surface area (Å²) in [5.41, 5.74) is 7.51. The van der Waals surface area contributed by atoms with Crippen molar-refractivity contribution in [2.45, 2.75) is 40.0 Å². The number of hydrogen-bond donors (Lipinski definition) is 1. The minimum absolute atomic E-state index is 0.199. The predicted molar refractivity (Wildman–Crippen MR) is 78.0 cm³/mol. The van der Waals surface area contributed by atoms with Gasteiger partial charge in [0.05, 0.1) is 0 Å². The molecule has 2 N–H and O–H groups in total. The number of aryl methyl sites for hydroxylation is 2. The summed E-state index contributed by atoms with van der Waals surface area (Å²) >= 11 is 0. The lowest BCUT2D eigenvalue weighted by Crippen LogP contribution is -2.17. The third-order valence-corrected chi connectivity index (χ3v) is 3.42. The van der Waals surface area contributed by atoms with Gasteiger partial charge in [0.25, 0.3) is 0 Å². The Hall–Kier alpha value is -1.75. The highest BCUT2D eigenvalue weighted by atomic mass is 16.5. The lowest BCUT2D eigenvalue weighted by atomic mass is 9.84. The second-order valence-electron chi connectivity index (χ2n) is 5.88. The Kier molecular flexibility index (Phi) is 4.49. The number of rotatable bonds is 6. The van der Waals surface area contributed by atoms with Gasteiger partial charge in [-0.1, -0.05) is 25.1 Å². The van der Waals surface area contributed by atoms with Crippen LogP contribution in [0.1, 0.15) is 38.3 Å². The van der Waals surface area contributed by atoms with Crippen LogP contribution in [0.15, 0.2) is 22.7 Å². The van der Waals surface area contributed by atoms with Gasteiger partial charge in [-0.25, -0.2) is 4.98 Å². The van der Waals surface area contributed by atoms with E-state index < -0.39 is 0 Å². The Balaban J connectivity index is 2.03. The first-order valence-corrected chi connectivity index (χ1v) is 6.97. The summed E-state index contributed by atoms with van der Waals surface area (Å²) in [5, 5.41) is 4.00. The maximum absolute atomic E-state index is 5.62. The smallest absolute Gasteiger partial charge is 0.227 e. The molecule has 0 saturated heterocycles. The van der Waals surface area contributed by atoms with Crippen LogP contribution in [0.3, 0.4) is 0 Å². The molecular formula is C15H22N4O. The number of nitrogens with two attached hydrogens (primary N) is 1. The van der Waals surface area contributed by atoms with Gasteiger partial charge in [-0.15, -0.1) is 0 Å². The van der Waals surface area contributed by atoms with E-state index in [9.17, 15) is 0 Å². The van der Waals surface area contributed by atoms with Gasteiger partial charge < -0.3 is 10.3 Å². The zero-order chi connectivity index (χ0) is 14.6. The molecule has 0 unspecified atom stereocenters. The summed E-state index contributed by atoms with van der Waals surface area (Å²) in [6.07, 6.45) is 2.74. The van der Waals surface area contributed by atoms with Crippen LogP contribution >= 0.6 is 0 Å². The van der Waals surface area contributed by atoms with Crippen LogP contribution in [-0.4, -0.2) is 21.7 Å². The van der Waals surface area contributed by atoms with E-state index in [1.54, 1.807) is 0 Å². The van der Waals surface area contributed by atoms with Crippen molar-refractivity contribution in [2.24, 2.45) is 11.1 Å². The summed E-state index contributed by atoms with van der Waals surface area (Å²) in [4.78, 5) is 8.81. The average Bonchev–Trinajstić information content (AvgIpc) is 2.85. The highest BCUT2D eigenvalue weighted by molar-refractivity contribution is 5.47. The largest absolute Gasteiger partial charge is 0.339 e. The zero-order valence-corrected chi connectivity index (χ0v) is 12.4. The standard InChI is InChI=1S/C15H22N4O/c1-11-5-4-6-12(17-11)14-18-13(20-19-14)7-8-15(2,3)9-10-16/h4-6H,7-10,16H2,1-3H3. The molecule has 0 aliphatic heterocycles. The van der Waals surface area contributed by atoms with Crippen LogP contribution in [0.4, 0.5) is 0 Å². The molecule has 2 aromatic rings. The minimum Gasteiger partial charge on any atom is -0.339 e. The van der Waals surface area contributed by atoms with Crippen LogP contribution in [0, 0.1) is 12.3 Å². The van der Waals surface area contributed by atoms with Crippen molar-refractivity contribution < 1.29 is 4.52 Å². The van der Waals surface area contributed by atoms with Gasteiger partial charge in [0.15, 0.2) is 0 Å². The number of nitrogens with zero attached hydrogens (tertiary/aromatic N) is 3. The summed E-state index contributed by atoms with van der Waals surface area (Å²) in [7, 11) is 0. The third kappa shape index (κ3) is 3.87. The fraction of sp³-hybridized carbons (Fsp3) is 0.533. The van der Waals surface area contributed by atoms with Crippen LogP contribution in [0.5, 0.6) is 0 Å². The van der Waals surface area contributed by atoms with Crippen LogP contribution in [0.25, 0.3) is 11.5 Å². The molecule has 0 atom stereocenters. The first-order chi connectivity index (χ1) is 9.50. The first-order valence-electron chi connectivity index (χ1n) is 6.97. The second-order valence-corrected chi connectivity index (χ2v) is 5.88. The lowest BCUT2D eigenvalue weighted by molar-refractivity contribution is 0.289. The molecule has 5 heteroatoms. The maximum Gasteiger partial charge on any atom is 0.227 e. The summed E-state index contributed by atoms with van der Waals surface area (Å²) in [5.74, 6) is 1.22. The molecule has 0 saturated carbocycles. The molecule has 0 aliphatic carbocycles. The fourth-order valence-electron chi connectivity index (χ4n) is 2.09. The molecule has 0 fully saturated rings. The second kappa shape index (κ2) is 6.13. The van der Waals surface area contributed by atoms with E-state index in [1.165, 1.54) is 0 Å². The molecule has 0 spiro atoms. The van der Waals surface area contributed by atoms with Gasteiger partial charge in [-0.05, 0) is 43.9 Å². The van der Waals surface area contributed by atoms with Crippen molar-refractivity contribution in [2.75, 3.05) is 6.54 Å². The Labute approximate surface area is 119 Å². The first kappa shape index (κ1) is 14.7. The van der Waals surface area contributed by atoms with Crippen molar-refractivity contribution in [3.05, 3.63) is 29.8 Å². The molecule has 0 aromatic carbocycles. The Morgan fingerprint density at radius 1 is 1.20 bits per heavy atom. The molecular weight excluding hydrogens is 252 g/mol. The summed E-state index contributed by atoms with van der Waals surface area (Å²) < 4.78 is 5.30. The Bertz CT molecular complexity index is 563. The summed E-state index contributed by atoms with van der Waals surface area (Å²) in [6.45, 7) is 7.06. The van der Waals surface area contributed by atoms with Crippen molar-refractivity contribution in [3.63, 3.8) is 0 Å². The number of aromatic nitrogens is 3. The zero-order valence-electron chi connectivity index (χ0n) is 12.4. The van der Waals surface area contributed by atoms with E-state index in [0.29, 0.717) is 18.3 Å². The van der Waals surface area contributed by atoms with Gasteiger partial charge in [0.2, 0.25) is 11.7 Å². The Morgan fingerprint density at radius 2 is 2.00 bits per heavy atom. The quantitative estimate of drug-likeness (QED) is 0.876. The molecule has 0 aliphatic rings. The predicted octanol–water partition coefficient (Wildman–Crippen LogP) is 2.75. The summed E-state index contributed by atoms with van der Waals surface area (Å²) in [6, 6.07) is 5.78. The number of pyridine rings is 1. The van der Waals surface area contributed by atoms with Gasteiger partial charge in [0, 0.05) is 12.1 Å². The average molecular weight is 274 g/mol.